The molecular weight excluding hydrogens is 257 g/mol. The Kier molecular flexibility index (Phi) is 4.25. The molecule has 0 saturated carbocycles. The Morgan fingerprint density at radius 3 is 2.40 bits per heavy atom. The minimum atomic E-state index is -0.453. The van der Waals surface area contributed by atoms with Gasteiger partial charge in [0.05, 0.1) is 20.3 Å². The van der Waals surface area contributed by atoms with Gasteiger partial charge in [0.1, 0.15) is 17.3 Å². The summed E-state index contributed by atoms with van der Waals surface area (Å²) in [6.45, 7) is 1.84. The molecule has 0 saturated heterocycles. The van der Waals surface area contributed by atoms with Gasteiger partial charge >= 0.3 is 0 Å². The van der Waals surface area contributed by atoms with E-state index in [9.17, 15) is 4.39 Å². The minimum absolute atomic E-state index is 0.289. The molecule has 0 bridgehead atoms. The topological polar surface area (TPSA) is 44.5 Å². The summed E-state index contributed by atoms with van der Waals surface area (Å²) in [7, 11) is 3.16. The van der Waals surface area contributed by atoms with E-state index in [2.05, 4.69) is 0 Å². The van der Waals surface area contributed by atoms with Crippen LogP contribution in [0.4, 0.5) is 4.39 Å². The van der Waals surface area contributed by atoms with Crippen molar-refractivity contribution in [1.29, 1.82) is 0 Å². The number of rotatable bonds is 4. The normalized spacial score (nSPS) is 12.1. The molecule has 2 aromatic carbocycles. The van der Waals surface area contributed by atoms with Crippen LogP contribution in [0.3, 0.4) is 0 Å². The largest absolute Gasteiger partial charge is 0.497 e. The Morgan fingerprint density at radius 1 is 1.05 bits per heavy atom. The van der Waals surface area contributed by atoms with Crippen LogP contribution in [-0.4, -0.2) is 14.2 Å². The van der Waals surface area contributed by atoms with Crippen molar-refractivity contribution in [2.45, 2.75) is 13.0 Å². The molecule has 4 heteroatoms. The summed E-state index contributed by atoms with van der Waals surface area (Å²) >= 11 is 0. The Hall–Kier alpha value is -2.07. The standard InChI is InChI=1S/C16H18FNO2/c1-10-6-11(8-12(17)7-10)16(18)14-5-4-13(19-2)9-15(14)20-3/h4-9,16H,18H2,1-3H3. The van der Waals surface area contributed by atoms with Crippen molar-refractivity contribution >= 4 is 0 Å². The molecule has 0 aromatic heterocycles. The zero-order valence-corrected chi connectivity index (χ0v) is 11.8. The van der Waals surface area contributed by atoms with E-state index < -0.39 is 6.04 Å². The van der Waals surface area contributed by atoms with Gasteiger partial charge in [-0.3, -0.25) is 0 Å². The lowest BCUT2D eigenvalue weighted by molar-refractivity contribution is 0.390. The molecule has 0 spiro atoms. The van der Waals surface area contributed by atoms with E-state index >= 15 is 0 Å². The molecule has 0 aliphatic carbocycles. The maximum Gasteiger partial charge on any atom is 0.127 e. The van der Waals surface area contributed by atoms with Crippen LogP contribution >= 0.6 is 0 Å². The van der Waals surface area contributed by atoms with Crippen LogP contribution < -0.4 is 15.2 Å². The first-order chi connectivity index (χ1) is 9.55. The third kappa shape index (κ3) is 2.91. The zero-order chi connectivity index (χ0) is 14.7. The summed E-state index contributed by atoms with van der Waals surface area (Å²) in [5, 5.41) is 0. The van der Waals surface area contributed by atoms with Crippen molar-refractivity contribution in [2.75, 3.05) is 14.2 Å². The first-order valence-electron chi connectivity index (χ1n) is 6.29. The molecule has 0 heterocycles. The van der Waals surface area contributed by atoms with Crippen molar-refractivity contribution in [3.8, 4) is 11.5 Å². The van der Waals surface area contributed by atoms with Gasteiger partial charge in [-0.15, -0.1) is 0 Å². The SMILES string of the molecule is COc1ccc(C(N)c2cc(C)cc(F)c2)c(OC)c1. The zero-order valence-electron chi connectivity index (χ0n) is 11.8. The fourth-order valence-corrected chi connectivity index (χ4v) is 2.20. The summed E-state index contributed by atoms with van der Waals surface area (Å²) in [6, 6.07) is 9.75. The second-order valence-corrected chi connectivity index (χ2v) is 4.65. The minimum Gasteiger partial charge on any atom is -0.497 e. The first-order valence-corrected chi connectivity index (χ1v) is 6.29. The predicted octanol–water partition coefficient (Wildman–Crippen LogP) is 3.20. The van der Waals surface area contributed by atoms with Gasteiger partial charge in [-0.1, -0.05) is 6.07 Å². The van der Waals surface area contributed by atoms with E-state index in [1.165, 1.54) is 12.1 Å². The van der Waals surface area contributed by atoms with Crippen LogP contribution in [-0.2, 0) is 0 Å². The molecule has 2 rings (SSSR count). The van der Waals surface area contributed by atoms with Crippen molar-refractivity contribution in [1.82, 2.24) is 0 Å². The highest BCUT2D eigenvalue weighted by molar-refractivity contribution is 5.46. The molecule has 20 heavy (non-hydrogen) atoms. The highest BCUT2D eigenvalue weighted by Crippen LogP contribution is 2.32. The van der Waals surface area contributed by atoms with Gasteiger partial charge in [-0.25, -0.2) is 4.39 Å². The molecule has 0 fully saturated rings. The molecule has 3 nitrogen and oxygen atoms in total. The van der Waals surface area contributed by atoms with Crippen molar-refractivity contribution in [3.05, 3.63) is 58.9 Å². The second kappa shape index (κ2) is 5.92. The molecule has 106 valence electrons. The molecular formula is C16H18FNO2. The van der Waals surface area contributed by atoms with E-state index in [-0.39, 0.29) is 5.82 Å². The lowest BCUT2D eigenvalue weighted by atomic mass is 9.97. The molecule has 1 atom stereocenters. The summed E-state index contributed by atoms with van der Waals surface area (Å²) in [6.07, 6.45) is 0. The Morgan fingerprint density at radius 2 is 1.80 bits per heavy atom. The number of hydrogen-bond acceptors (Lipinski definition) is 3. The maximum atomic E-state index is 13.5. The number of nitrogens with two attached hydrogens (primary N) is 1. The smallest absolute Gasteiger partial charge is 0.127 e. The van der Waals surface area contributed by atoms with Crippen LogP contribution in [0.15, 0.2) is 36.4 Å². The van der Waals surface area contributed by atoms with E-state index in [4.69, 9.17) is 15.2 Å². The third-order valence-corrected chi connectivity index (χ3v) is 3.20. The van der Waals surface area contributed by atoms with Crippen LogP contribution in [0.2, 0.25) is 0 Å². The summed E-state index contributed by atoms with van der Waals surface area (Å²) in [4.78, 5) is 0. The first kappa shape index (κ1) is 14.3. The Labute approximate surface area is 118 Å². The van der Waals surface area contributed by atoms with E-state index in [0.29, 0.717) is 17.1 Å². The van der Waals surface area contributed by atoms with Crippen molar-refractivity contribution < 1.29 is 13.9 Å². The van der Waals surface area contributed by atoms with Gasteiger partial charge in [0.25, 0.3) is 0 Å². The van der Waals surface area contributed by atoms with Gasteiger partial charge in [0.15, 0.2) is 0 Å². The molecule has 0 amide bonds. The average Bonchev–Trinajstić information content (AvgIpc) is 2.44. The number of hydrogen-bond donors (Lipinski definition) is 1. The van der Waals surface area contributed by atoms with Gasteiger partial charge in [-0.05, 0) is 42.3 Å². The number of halogens is 1. The number of ether oxygens (including phenoxy) is 2. The van der Waals surface area contributed by atoms with Crippen LogP contribution in [0.1, 0.15) is 22.7 Å². The molecule has 0 radical (unpaired) electrons. The quantitative estimate of drug-likeness (QED) is 0.932. The highest BCUT2D eigenvalue weighted by Gasteiger charge is 2.16. The number of methoxy groups -OCH3 is 2. The van der Waals surface area contributed by atoms with E-state index in [1.54, 1.807) is 20.3 Å². The fraction of sp³-hybridized carbons (Fsp3) is 0.250. The lowest BCUT2D eigenvalue weighted by Gasteiger charge is -2.17. The van der Waals surface area contributed by atoms with E-state index in [1.807, 2.05) is 25.1 Å². The maximum absolute atomic E-state index is 13.5. The van der Waals surface area contributed by atoms with Crippen LogP contribution in [0, 0.1) is 12.7 Å². The molecule has 2 N–H and O–H groups in total. The van der Waals surface area contributed by atoms with Gasteiger partial charge < -0.3 is 15.2 Å². The fourth-order valence-electron chi connectivity index (χ4n) is 2.20. The average molecular weight is 275 g/mol. The summed E-state index contributed by atoms with van der Waals surface area (Å²) in [5.41, 5.74) is 8.57. The van der Waals surface area contributed by atoms with Crippen molar-refractivity contribution in [2.24, 2.45) is 5.73 Å². The number of benzene rings is 2. The predicted molar refractivity (Wildman–Crippen MR) is 76.7 cm³/mol. The summed E-state index contributed by atoms with van der Waals surface area (Å²) < 4.78 is 24.0. The van der Waals surface area contributed by atoms with E-state index in [0.717, 1.165) is 11.1 Å². The molecule has 2 aromatic rings. The monoisotopic (exact) mass is 275 g/mol. The Balaban J connectivity index is 2.44. The second-order valence-electron chi connectivity index (χ2n) is 4.65. The van der Waals surface area contributed by atoms with Crippen LogP contribution in [0.25, 0.3) is 0 Å². The third-order valence-electron chi connectivity index (χ3n) is 3.20. The molecule has 1 unspecified atom stereocenters. The molecule has 0 aliphatic heterocycles. The summed E-state index contributed by atoms with van der Waals surface area (Å²) in [5.74, 6) is 1.02. The number of aryl methyl sites for hydroxylation is 1. The van der Waals surface area contributed by atoms with Crippen LogP contribution in [0.5, 0.6) is 11.5 Å². The lowest BCUT2D eigenvalue weighted by Crippen LogP contribution is -2.13. The van der Waals surface area contributed by atoms with Crippen molar-refractivity contribution in [3.63, 3.8) is 0 Å². The molecule has 0 aliphatic rings. The van der Waals surface area contributed by atoms with Gasteiger partial charge in [-0.2, -0.15) is 0 Å². The highest BCUT2D eigenvalue weighted by atomic mass is 19.1. The van der Waals surface area contributed by atoms with Gasteiger partial charge in [0, 0.05) is 11.6 Å². The van der Waals surface area contributed by atoms with Gasteiger partial charge in [0.2, 0.25) is 0 Å². The Bertz CT molecular complexity index is 593.